The van der Waals surface area contributed by atoms with Crippen LogP contribution in [-0.4, -0.2) is 40.7 Å². The predicted molar refractivity (Wildman–Crippen MR) is 57.1 cm³/mol. The summed E-state index contributed by atoms with van der Waals surface area (Å²) in [5.74, 6) is -1.80. The van der Waals surface area contributed by atoms with Crippen molar-refractivity contribution in [2.75, 3.05) is 7.11 Å². The van der Waals surface area contributed by atoms with Gasteiger partial charge in [-0.3, -0.25) is 4.79 Å². The Hall–Kier alpha value is -0.590. The maximum atomic E-state index is 11.6. The molecule has 0 saturated carbocycles. The molecule has 0 radical (unpaired) electrons. The fourth-order valence-electron chi connectivity index (χ4n) is 1.91. The first-order valence-electron chi connectivity index (χ1n) is 4.45. The molecule has 1 fully saturated rings. The molecule has 2 heterocycles. The minimum absolute atomic E-state index is 0.0153. The van der Waals surface area contributed by atoms with Gasteiger partial charge in [0.1, 0.15) is 6.10 Å². The van der Waals surface area contributed by atoms with Crippen LogP contribution in [0.25, 0.3) is 0 Å². The van der Waals surface area contributed by atoms with Crippen molar-refractivity contribution >= 4 is 39.5 Å². The number of hydrogen-bond acceptors (Lipinski definition) is 5. The topological polar surface area (TPSA) is 72.8 Å². The van der Waals surface area contributed by atoms with E-state index in [2.05, 4.69) is 20.7 Å². The first kappa shape index (κ1) is 11.9. The Labute approximate surface area is 104 Å². The molecule has 0 aromatic rings. The van der Waals surface area contributed by atoms with Gasteiger partial charge in [0.15, 0.2) is 4.87 Å². The number of carbonyl (C=O) groups excluding carboxylic acids is 2. The van der Waals surface area contributed by atoms with Gasteiger partial charge < -0.3 is 14.6 Å². The Morgan fingerprint density at radius 1 is 1.81 bits per heavy atom. The molecule has 2 bridgehead atoms. The fraction of sp³-hybridized carbons (Fsp3) is 0.556. The van der Waals surface area contributed by atoms with Crippen LogP contribution in [-0.2, 0) is 19.1 Å². The highest BCUT2D eigenvalue weighted by molar-refractivity contribution is 9.11. The molecule has 0 spiro atoms. The molecule has 1 N–H and O–H groups in total. The summed E-state index contributed by atoms with van der Waals surface area (Å²) in [4.78, 5) is 21.4. The number of hydrogen-bond donors (Lipinski definition) is 1. The van der Waals surface area contributed by atoms with Gasteiger partial charge in [0.2, 0.25) is 5.60 Å². The van der Waals surface area contributed by atoms with E-state index in [1.54, 1.807) is 0 Å². The molecule has 0 amide bonds. The molecule has 2 unspecified atom stereocenters. The van der Waals surface area contributed by atoms with Crippen molar-refractivity contribution in [2.24, 2.45) is 0 Å². The van der Waals surface area contributed by atoms with Gasteiger partial charge in [-0.15, -0.1) is 11.6 Å². The summed E-state index contributed by atoms with van der Waals surface area (Å²) in [7, 11) is 1.14. The van der Waals surface area contributed by atoms with Gasteiger partial charge in [-0.1, -0.05) is 15.9 Å². The van der Waals surface area contributed by atoms with Crippen LogP contribution in [0.3, 0.4) is 0 Å². The standard InChI is InChI=1S/C9H8BrClO5/c1-15-6(12)8(11)3-4-2-5(10)9(8,14)7(13)16-4/h2,4,14H,3H2,1H3/t4?,8-,9?/m1/s1. The van der Waals surface area contributed by atoms with Gasteiger partial charge in [-0.2, -0.15) is 0 Å². The van der Waals surface area contributed by atoms with Crippen LogP contribution in [0.15, 0.2) is 10.6 Å². The molecule has 3 atom stereocenters. The first-order valence-corrected chi connectivity index (χ1v) is 5.62. The minimum Gasteiger partial charge on any atom is -0.468 e. The van der Waals surface area contributed by atoms with Crippen molar-refractivity contribution < 1.29 is 24.2 Å². The average molecular weight is 312 g/mol. The van der Waals surface area contributed by atoms with Gasteiger partial charge in [-0.25, -0.2) is 4.79 Å². The van der Waals surface area contributed by atoms with Crippen LogP contribution in [0.4, 0.5) is 0 Å². The SMILES string of the molecule is COC(=O)[C@]1(Cl)CC2C=C(Br)C1(O)C(=O)O2. The monoisotopic (exact) mass is 310 g/mol. The second-order valence-electron chi connectivity index (χ2n) is 3.67. The van der Waals surface area contributed by atoms with E-state index in [1.807, 2.05) is 0 Å². The summed E-state index contributed by atoms with van der Waals surface area (Å²) in [6.45, 7) is 0. The number of alkyl halides is 1. The van der Waals surface area contributed by atoms with Gasteiger partial charge in [-0.05, 0) is 6.08 Å². The Bertz CT molecular complexity index is 409. The van der Waals surface area contributed by atoms with Crippen LogP contribution in [0.2, 0.25) is 0 Å². The summed E-state index contributed by atoms with van der Waals surface area (Å²) >= 11 is 9.09. The Morgan fingerprint density at radius 2 is 2.44 bits per heavy atom. The summed E-state index contributed by atoms with van der Waals surface area (Å²) < 4.78 is 9.51. The van der Waals surface area contributed by atoms with Crippen LogP contribution >= 0.6 is 27.5 Å². The van der Waals surface area contributed by atoms with Gasteiger partial charge in [0.05, 0.1) is 7.11 Å². The average Bonchev–Trinajstić information content (AvgIpc) is 2.22. The number of fused-ring (bicyclic) bond motifs is 2. The van der Waals surface area contributed by atoms with Crippen molar-refractivity contribution in [1.29, 1.82) is 0 Å². The fourth-order valence-corrected chi connectivity index (χ4v) is 3.22. The molecule has 1 saturated heterocycles. The zero-order valence-electron chi connectivity index (χ0n) is 8.20. The number of esters is 2. The molecule has 16 heavy (non-hydrogen) atoms. The molecule has 7 heteroatoms. The molecule has 0 aromatic carbocycles. The summed E-state index contributed by atoms with van der Waals surface area (Å²) in [6, 6.07) is 0. The largest absolute Gasteiger partial charge is 0.468 e. The van der Waals surface area contributed by atoms with Gasteiger partial charge >= 0.3 is 11.9 Å². The molecular formula is C9H8BrClO5. The van der Waals surface area contributed by atoms with Crippen molar-refractivity contribution in [2.45, 2.75) is 23.0 Å². The zero-order chi connectivity index (χ0) is 12.1. The van der Waals surface area contributed by atoms with Gasteiger partial charge in [0.25, 0.3) is 0 Å². The summed E-state index contributed by atoms with van der Waals surface area (Å²) in [5, 5.41) is 10.3. The van der Waals surface area contributed by atoms with Crippen molar-refractivity contribution in [3.63, 3.8) is 0 Å². The van der Waals surface area contributed by atoms with E-state index in [0.717, 1.165) is 7.11 Å². The van der Waals surface area contributed by atoms with Crippen molar-refractivity contribution in [1.82, 2.24) is 0 Å². The summed E-state index contributed by atoms with van der Waals surface area (Å²) in [5.41, 5.74) is -2.21. The third-order valence-corrected chi connectivity index (χ3v) is 4.22. The lowest BCUT2D eigenvalue weighted by Gasteiger charge is -2.47. The van der Waals surface area contributed by atoms with Crippen LogP contribution in [0.1, 0.15) is 6.42 Å². The van der Waals surface area contributed by atoms with Gasteiger partial charge in [0, 0.05) is 10.9 Å². The Balaban J connectivity index is 2.57. The molecule has 2 aliphatic heterocycles. The van der Waals surface area contributed by atoms with Crippen molar-refractivity contribution in [3.8, 4) is 0 Å². The number of rotatable bonds is 1. The number of carbonyl (C=O) groups is 2. The minimum atomic E-state index is -2.21. The molecule has 3 rings (SSSR count). The van der Waals surface area contributed by atoms with E-state index in [-0.39, 0.29) is 10.9 Å². The van der Waals surface area contributed by atoms with Crippen LogP contribution in [0, 0.1) is 0 Å². The summed E-state index contributed by atoms with van der Waals surface area (Å²) in [6.07, 6.45) is 0.858. The van der Waals surface area contributed by atoms with E-state index < -0.39 is 28.5 Å². The zero-order valence-corrected chi connectivity index (χ0v) is 10.5. The van der Waals surface area contributed by atoms with E-state index in [4.69, 9.17) is 16.3 Å². The third-order valence-electron chi connectivity index (χ3n) is 2.80. The Kier molecular flexibility index (Phi) is 2.56. The number of aliphatic hydroxyl groups is 1. The van der Waals surface area contributed by atoms with E-state index in [0.29, 0.717) is 0 Å². The van der Waals surface area contributed by atoms with Crippen molar-refractivity contribution in [3.05, 3.63) is 10.6 Å². The molecule has 0 aromatic heterocycles. The first-order chi connectivity index (χ1) is 7.36. The molecule has 5 nitrogen and oxygen atoms in total. The van der Waals surface area contributed by atoms with Crippen LogP contribution in [0.5, 0.6) is 0 Å². The lowest BCUT2D eigenvalue weighted by Crippen LogP contribution is -2.68. The second kappa shape index (κ2) is 3.45. The van der Waals surface area contributed by atoms with E-state index >= 15 is 0 Å². The third kappa shape index (κ3) is 1.20. The quantitative estimate of drug-likeness (QED) is 0.563. The lowest BCUT2D eigenvalue weighted by molar-refractivity contribution is -0.189. The lowest BCUT2D eigenvalue weighted by atomic mass is 9.75. The highest BCUT2D eigenvalue weighted by Crippen LogP contribution is 2.50. The number of methoxy groups -OCH3 is 1. The smallest absolute Gasteiger partial charge is 0.346 e. The number of halogens is 2. The maximum absolute atomic E-state index is 11.6. The van der Waals surface area contributed by atoms with E-state index in [1.165, 1.54) is 6.08 Å². The van der Waals surface area contributed by atoms with Crippen LogP contribution < -0.4 is 0 Å². The van der Waals surface area contributed by atoms with E-state index in [9.17, 15) is 14.7 Å². The molecule has 1 aliphatic carbocycles. The Morgan fingerprint density at radius 3 is 2.94 bits per heavy atom. The molecule has 88 valence electrons. The second-order valence-corrected chi connectivity index (χ2v) is 5.17. The molecule has 3 aliphatic rings. The highest BCUT2D eigenvalue weighted by atomic mass is 79.9. The maximum Gasteiger partial charge on any atom is 0.346 e. The highest BCUT2D eigenvalue weighted by Gasteiger charge is 2.69. The predicted octanol–water partition coefficient (Wildman–Crippen LogP) is 0.476. The normalized spacial score (nSPS) is 41.4. The molecular weight excluding hydrogens is 303 g/mol. The number of ether oxygens (including phenoxy) is 2.